The average molecular weight is 359 g/mol. The zero-order chi connectivity index (χ0) is 15.4. The summed E-state index contributed by atoms with van der Waals surface area (Å²) in [6.07, 6.45) is 0.594. The van der Waals surface area contributed by atoms with E-state index in [4.69, 9.17) is 5.84 Å². The van der Waals surface area contributed by atoms with Crippen LogP contribution < -0.4 is 11.3 Å². The van der Waals surface area contributed by atoms with Gasteiger partial charge in [-0.25, -0.2) is 13.2 Å². The highest BCUT2D eigenvalue weighted by molar-refractivity contribution is 9.10. The molecule has 1 atom stereocenters. The first-order valence-corrected chi connectivity index (χ1v) is 7.12. The summed E-state index contributed by atoms with van der Waals surface area (Å²) in [6.45, 7) is 0. The number of hydrogen-bond acceptors (Lipinski definition) is 2. The highest BCUT2D eigenvalue weighted by Gasteiger charge is 2.13. The Labute approximate surface area is 129 Å². The van der Waals surface area contributed by atoms with Crippen LogP contribution in [0.1, 0.15) is 11.1 Å². The first-order valence-electron chi connectivity index (χ1n) is 6.33. The van der Waals surface area contributed by atoms with Crippen LogP contribution in [0.5, 0.6) is 0 Å². The van der Waals surface area contributed by atoms with E-state index in [1.54, 1.807) is 12.1 Å². The van der Waals surface area contributed by atoms with Crippen molar-refractivity contribution in [3.8, 4) is 0 Å². The minimum Gasteiger partial charge on any atom is -0.271 e. The Morgan fingerprint density at radius 2 is 1.67 bits per heavy atom. The molecule has 0 heterocycles. The van der Waals surface area contributed by atoms with Gasteiger partial charge in [0.15, 0.2) is 0 Å². The van der Waals surface area contributed by atoms with Gasteiger partial charge in [0, 0.05) is 16.6 Å². The molecule has 2 aromatic carbocycles. The molecule has 0 saturated heterocycles. The number of nitrogens with one attached hydrogen (secondary N) is 1. The van der Waals surface area contributed by atoms with Crippen LogP contribution in [-0.2, 0) is 12.8 Å². The lowest BCUT2D eigenvalue weighted by molar-refractivity contribution is 0.502. The predicted molar refractivity (Wildman–Crippen MR) is 79.0 cm³/mol. The first-order chi connectivity index (χ1) is 9.97. The molecule has 0 bridgehead atoms. The molecule has 0 aliphatic rings. The van der Waals surface area contributed by atoms with Crippen LogP contribution in [0.25, 0.3) is 0 Å². The molecule has 2 aromatic rings. The summed E-state index contributed by atoms with van der Waals surface area (Å²) in [5.41, 5.74) is 3.50. The highest BCUT2D eigenvalue weighted by atomic mass is 79.9. The fourth-order valence-electron chi connectivity index (χ4n) is 2.17. The molecule has 0 radical (unpaired) electrons. The van der Waals surface area contributed by atoms with Crippen molar-refractivity contribution in [2.24, 2.45) is 5.84 Å². The molecule has 0 amide bonds. The van der Waals surface area contributed by atoms with Gasteiger partial charge in [0.05, 0.1) is 0 Å². The molecular weight excluding hydrogens is 345 g/mol. The third-order valence-electron chi connectivity index (χ3n) is 3.11. The maximum absolute atomic E-state index is 13.7. The zero-order valence-corrected chi connectivity index (χ0v) is 12.6. The minimum absolute atomic E-state index is 0.289. The maximum Gasteiger partial charge on any atom is 0.126 e. The Morgan fingerprint density at radius 1 is 1.00 bits per heavy atom. The minimum atomic E-state index is -0.644. The summed E-state index contributed by atoms with van der Waals surface area (Å²) < 4.78 is 40.8. The maximum atomic E-state index is 13.7. The lowest BCUT2D eigenvalue weighted by Crippen LogP contribution is -2.38. The SMILES string of the molecule is NNC(Cc1cc(F)cc(F)c1)Cc1cc(Br)ccc1F. The van der Waals surface area contributed by atoms with Gasteiger partial charge < -0.3 is 0 Å². The van der Waals surface area contributed by atoms with E-state index in [0.717, 1.165) is 10.5 Å². The first kappa shape index (κ1) is 16.0. The highest BCUT2D eigenvalue weighted by Crippen LogP contribution is 2.18. The number of nitrogens with two attached hydrogens (primary N) is 1. The summed E-state index contributed by atoms with van der Waals surface area (Å²) in [5.74, 6) is 3.83. The second-order valence-electron chi connectivity index (χ2n) is 4.79. The summed E-state index contributed by atoms with van der Waals surface area (Å²) >= 11 is 3.28. The van der Waals surface area contributed by atoms with Crippen molar-refractivity contribution in [3.05, 3.63) is 69.4 Å². The second kappa shape index (κ2) is 7.06. The molecule has 1 unspecified atom stereocenters. The summed E-state index contributed by atoms with van der Waals surface area (Å²) in [4.78, 5) is 0. The van der Waals surface area contributed by atoms with Gasteiger partial charge in [0.2, 0.25) is 0 Å². The van der Waals surface area contributed by atoms with E-state index in [9.17, 15) is 13.2 Å². The fourth-order valence-corrected chi connectivity index (χ4v) is 2.58. The Kier molecular flexibility index (Phi) is 5.39. The average Bonchev–Trinajstić information content (AvgIpc) is 2.41. The third-order valence-corrected chi connectivity index (χ3v) is 3.61. The monoisotopic (exact) mass is 358 g/mol. The van der Waals surface area contributed by atoms with E-state index < -0.39 is 11.6 Å². The molecule has 0 spiro atoms. The molecule has 0 aliphatic heterocycles. The number of hydrogen-bond donors (Lipinski definition) is 2. The van der Waals surface area contributed by atoms with Gasteiger partial charge in [-0.15, -0.1) is 0 Å². The molecule has 112 valence electrons. The molecule has 0 aliphatic carbocycles. The van der Waals surface area contributed by atoms with E-state index >= 15 is 0 Å². The molecule has 0 fully saturated rings. The van der Waals surface area contributed by atoms with Crippen molar-refractivity contribution in [1.29, 1.82) is 0 Å². The summed E-state index contributed by atoms with van der Waals surface area (Å²) in [7, 11) is 0. The van der Waals surface area contributed by atoms with Crippen molar-refractivity contribution in [2.45, 2.75) is 18.9 Å². The van der Waals surface area contributed by atoms with E-state index in [1.165, 1.54) is 18.2 Å². The second-order valence-corrected chi connectivity index (χ2v) is 5.70. The van der Waals surface area contributed by atoms with Gasteiger partial charge in [-0.05, 0) is 54.3 Å². The number of halogens is 4. The number of hydrazine groups is 1. The van der Waals surface area contributed by atoms with E-state index in [2.05, 4.69) is 21.4 Å². The molecule has 2 rings (SSSR count). The van der Waals surface area contributed by atoms with Crippen LogP contribution in [0, 0.1) is 17.5 Å². The summed E-state index contributed by atoms with van der Waals surface area (Å²) in [6, 6.07) is 7.57. The quantitative estimate of drug-likeness (QED) is 0.634. The van der Waals surface area contributed by atoms with Crippen molar-refractivity contribution in [3.63, 3.8) is 0 Å². The molecule has 2 nitrogen and oxygen atoms in total. The Balaban J connectivity index is 2.14. The topological polar surface area (TPSA) is 38.0 Å². The Hall–Kier alpha value is -1.37. The van der Waals surface area contributed by atoms with Crippen molar-refractivity contribution >= 4 is 15.9 Å². The fraction of sp³-hybridized carbons (Fsp3) is 0.200. The van der Waals surface area contributed by atoms with Crippen LogP contribution in [0.4, 0.5) is 13.2 Å². The van der Waals surface area contributed by atoms with Crippen LogP contribution in [0.15, 0.2) is 40.9 Å². The van der Waals surface area contributed by atoms with Crippen LogP contribution in [0.2, 0.25) is 0 Å². The van der Waals surface area contributed by atoms with Crippen molar-refractivity contribution in [2.75, 3.05) is 0 Å². The molecule has 3 N–H and O–H groups in total. The largest absolute Gasteiger partial charge is 0.271 e. The lowest BCUT2D eigenvalue weighted by Gasteiger charge is -2.17. The standard InChI is InChI=1S/C15H14BrF3N2/c16-11-1-2-15(19)10(6-11)7-14(21-20)5-9-3-12(17)8-13(18)4-9/h1-4,6,8,14,21H,5,7,20H2. The van der Waals surface area contributed by atoms with Crippen LogP contribution >= 0.6 is 15.9 Å². The van der Waals surface area contributed by atoms with Crippen molar-refractivity contribution < 1.29 is 13.2 Å². The van der Waals surface area contributed by atoms with Gasteiger partial charge in [-0.1, -0.05) is 15.9 Å². The van der Waals surface area contributed by atoms with Gasteiger partial charge in [0.25, 0.3) is 0 Å². The predicted octanol–water partition coefficient (Wildman–Crippen LogP) is 3.48. The molecule has 0 saturated carbocycles. The van der Waals surface area contributed by atoms with Crippen LogP contribution in [0.3, 0.4) is 0 Å². The van der Waals surface area contributed by atoms with E-state index in [1.807, 2.05) is 0 Å². The number of benzene rings is 2. The number of rotatable bonds is 5. The molecular formula is C15H14BrF3N2. The van der Waals surface area contributed by atoms with Gasteiger partial charge >= 0.3 is 0 Å². The van der Waals surface area contributed by atoms with Crippen molar-refractivity contribution in [1.82, 2.24) is 5.43 Å². The molecule has 21 heavy (non-hydrogen) atoms. The zero-order valence-electron chi connectivity index (χ0n) is 11.0. The van der Waals surface area contributed by atoms with Gasteiger partial charge in [-0.3, -0.25) is 11.3 Å². The third kappa shape index (κ3) is 4.56. The normalized spacial score (nSPS) is 12.4. The van der Waals surface area contributed by atoms with Crippen LogP contribution in [-0.4, -0.2) is 6.04 Å². The Morgan fingerprint density at radius 3 is 2.29 bits per heavy atom. The smallest absolute Gasteiger partial charge is 0.126 e. The van der Waals surface area contributed by atoms with Gasteiger partial charge in [0.1, 0.15) is 17.5 Å². The Bertz CT molecular complexity index is 614. The molecule has 6 heteroatoms. The lowest BCUT2D eigenvalue weighted by atomic mass is 9.99. The van der Waals surface area contributed by atoms with E-state index in [-0.39, 0.29) is 18.3 Å². The summed E-state index contributed by atoms with van der Waals surface area (Å²) in [5, 5.41) is 0. The van der Waals surface area contributed by atoms with Gasteiger partial charge in [-0.2, -0.15) is 0 Å². The van der Waals surface area contributed by atoms with E-state index in [0.29, 0.717) is 17.5 Å². The molecule has 0 aromatic heterocycles.